The summed E-state index contributed by atoms with van der Waals surface area (Å²) in [4.78, 5) is 10.8. The van der Waals surface area contributed by atoms with Crippen LogP contribution in [0.3, 0.4) is 0 Å². The Balaban J connectivity index is 1.57. The van der Waals surface area contributed by atoms with E-state index in [-0.39, 0.29) is 5.56 Å². The molecule has 5 heteroatoms. The number of carbonyl (C=O) groups is 1. The van der Waals surface area contributed by atoms with Crippen molar-refractivity contribution >= 4 is 17.9 Å². The van der Waals surface area contributed by atoms with Crippen molar-refractivity contribution in [2.24, 2.45) is 5.10 Å². The van der Waals surface area contributed by atoms with Gasteiger partial charge in [-0.1, -0.05) is 18.2 Å². The normalized spacial score (nSPS) is 10.6. The average Bonchev–Trinajstić information content (AvgIpc) is 2.64. The van der Waals surface area contributed by atoms with E-state index < -0.39 is 5.97 Å². The third-order valence-electron chi connectivity index (χ3n) is 3.40. The summed E-state index contributed by atoms with van der Waals surface area (Å²) in [6.07, 6.45) is 1.68. The molecule has 0 aromatic heterocycles. The van der Waals surface area contributed by atoms with E-state index in [0.29, 0.717) is 5.69 Å². The second kappa shape index (κ2) is 7.79. The van der Waals surface area contributed by atoms with Gasteiger partial charge in [0.15, 0.2) is 0 Å². The number of anilines is 1. The van der Waals surface area contributed by atoms with Gasteiger partial charge in [-0.3, -0.25) is 5.43 Å². The van der Waals surface area contributed by atoms with Crippen LogP contribution in [0.2, 0.25) is 0 Å². The third-order valence-corrected chi connectivity index (χ3v) is 3.40. The Morgan fingerprint density at radius 1 is 0.880 bits per heavy atom. The standard InChI is InChI=1S/C20H16N2O3/c23-20(24)16-8-10-17(11-9-16)22-21-14-15-6-12-19(13-7-15)25-18-4-2-1-3-5-18/h1-14,22H,(H,23,24). The van der Waals surface area contributed by atoms with Gasteiger partial charge in [0, 0.05) is 0 Å². The van der Waals surface area contributed by atoms with Gasteiger partial charge in [-0.2, -0.15) is 5.10 Å². The lowest BCUT2D eigenvalue weighted by molar-refractivity contribution is 0.0697. The molecule has 2 N–H and O–H groups in total. The largest absolute Gasteiger partial charge is 0.478 e. The quantitative estimate of drug-likeness (QED) is 0.510. The molecule has 0 radical (unpaired) electrons. The van der Waals surface area contributed by atoms with E-state index in [9.17, 15) is 4.79 Å². The predicted molar refractivity (Wildman–Crippen MR) is 97.6 cm³/mol. The zero-order valence-corrected chi connectivity index (χ0v) is 13.3. The zero-order valence-electron chi connectivity index (χ0n) is 13.3. The molecule has 0 unspecified atom stereocenters. The lowest BCUT2D eigenvalue weighted by Crippen LogP contribution is -1.96. The molecule has 0 amide bonds. The first-order chi connectivity index (χ1) is 12.2. The lowest BCUT2D eigenvalue weighted by atomic mass is 10.2. The number of carboxylic acid groups (broad SMARTS) is 1. The minimum atomic E-state index is -0.951. The fourth-order valence-corrected chi connectivity index (χ4v) is 2.12. The topological polar surface area (TPSA) is 70.9 Å². The summed E-state index contributed by atoms with van der Waals surface area (Å²) < 4.78 is 5.73. The van der Waals surface area contributed by atoms with Crippen LogP contribution in [0.4, 0.5) is 5.69 Å². The van der Waals surface area contributed by atoms with Gasteiger partial charge < -0.3 is 9.84 Å². The van der Waals surface area contributed by atoms with Gasteiger partial charge >= 0.3 is 5.97 Å². The van der Waals surface area contributed by atoms with Gasteiger partial charge in [0.05, 0.1) is 17.5 Å². The Hall–Kier alpha value is -3.60. The number of hydrazone groups is 1. The molecule has 3 rings (SSSR count). The monoisotopic (exact) mass is 332 g/mol. The molecule has 0 aliphatic rings. The predicted octanol–water partition coefficient (Wildman–Crippen LogP) is 4.62. The molecule has 0 atom stereocenters. The zero-order chi connectivity index (χ0) is 17.5. The first kappa shape index (κ1) is 16.3. The van der Waals surface area contributed by atoms with Crippen LogP contribution >= 0.6 is 0 Å². The molecular weight excluding hydrogens is 316 g/mol. The van der Waals surface area contributed by atoms with Crippen LogP contribution in [0.5, 0.6) is 11.5 Å². The number of nitrogens with one attached hydrogen (secondary N) is 1. The summed E-state index contributed by atoms with van der Waals surface area (Å²) in [6, 6.07) is 23.5. The first-order valence-corrected chi connectivity index (χ1v) is 7.66. The van der Waals surface area contributed by atoms with Crippen LogP contribution < -0.4 is 10.2 Å². The molecule has 0 bridgehead atoms. The number of hydrogen-bond acceptors (Lipinski definition) is 4. The smallest absolute Gasteiger partial charge is 0.335 e. The SMILES string of the molecule is O=C(O)c1ccc(NN=Cc2ccc(Oc3ccccc3)cc2)cc1. The van der Waals surface area contributed by atoms with E-state index in [4.69, 9.17) is 9.84 Å². The molecule has 0 aliphatic carbocycles. The summed E-state index contributed by atoms with van der Waals surface area (Å²) in [7, 11) is 0. The molecule has 0 saturated heterocycles. The molecule has 0 aliphatic heterocycles. The summed E-state index contributed by atoms with van der Waals surface area (Å²) in [5.74, 6) is 0.587. The van der Waals surface area contributed by atoms with Crippen molar-refractivity contribution in [1.29, 1.82) is 0 Å². The van der Waals surface area contributed by atoms with Gasteiger partial charge in [0.25, 0.3) is 0 Å². The van der Waals surface area contributed by atoms with E-state index in [1.807, 2.05) is 54.6 Å². The minimum absolute atomic E-state index is 0.239. The number of carboxylic acids is 1. The number of rotatable bonds is 6. The van der Waals surface area contributed by atoms with Crippen LogP contribution in [-0.4, -0.2) is 17.3 Å². The number of ether oxygens (including phenoxy) is 1. The Morgan fingerprint density at radius 3 is 2.16 bits per heavy atom. The molecule has 0 fully saturated rings. The molecule has 0 spiro atoms. The van der Waals surface area contributed by atoms with Gasteiger partial charge in [0.2, 0.25) is 0 Å². The van der Waals surface area contributed by atoms with E-state index in [2.05, 4.69) is 10.5 Å². The highest BCUT2D eigenvalue weighted by molar-refractivity contribution is 5.88. The highest BCUT2D eigenvalue weighted by Gasteiger charge is 2.00. The van der Waals surface area contributed by atoms with Crippen LogP contribution in [-0.2, 0) is 0 Å². The summed E-state index contributed by atoms with van der Waals surface area (Å²) >= 11 is 0. The first-order valence-electron chi connectivity index (χ1n) is 7.66. The Kier molecular flexibility index (Phi) is 5.07. The van der Waals surface area contributed by atoms with E-state index in [0.717, 1.165) is 17.1 Å². The Labute approximate surface area is 145 Å². The molecule has 0 saturated carbocycles. The fourth-order valence-electron chi connectivity index (χ4n) is 2.12. The van der Waals surface area contributed by atoms with Crippen molar-refractivity contribution in [2.75, 3.05) is 5.43 Å². The number of benzene rings is 3. The number of aromatic carboxylic acids is 1. The summed E-state index contributed by atoms with van der Waals surface area (Å²) in [5, 5.41) is 13.0. The second-order valence-corrected chi connectivity index (χ2v) is 5.24. The Morgan fingerprint density at radius 2 is 1.52 bits per heavy atom. The second-order valence-electron chi connectivity index (χ2n) is 5.24. The maximum absolute atomic E-state index is 10.8. The van der Waals surface area contributed by atoms with Crippen LogP contribution in [0.25, 0.3) is 0 Å². The molecule has 5 nitrogen and oxygen atoms in total. The summed E-state index contributed by atoms with van der Waals surface area (Å²) in [5.41, 5.74) is 4.72. The van der Waals surface area contributed by atoms with E-state index >= 15 is 0 Å². The molecule has 25 heavy (non-hydrogen) atoms. The van der Waals surface area contributed by atoms with E-state index in [1.165, 1.54) is 12.1 Å². The van der Waals surface area contributed by atoms with Crippen LogP contribution in [0.1, 0.15) is 15.9 Å². The summed E-state index contributed by atoms with van der Waals surface area (Å²) in [6.45, 7) is 0. The highest BCUT2D eigenvalue weighted by Crippen LogP contribution is 2.20. The minimum Gasteiger partial charge on any atom is -0.478 e. The van der Waals surface area contributed by atoms with Gasteiger partial charge in [0.1, 0.15) is 11.5 Å². The molecule has 124 valence electrons. The number of hydrogen-bond donors (Lipinski definition) is 2. The lowest BCUT2D eigenvalue weighted by Gasteiger charge is -2.05. The van der Waals surface area contributed by atoms with Crippen molar-refractivity contribution in [3.05, 3.63) is 90.0 Å². The number of nitrogens with zero attached hydrogens (tertiary/aromatic N) is 1. The molecule has 0 heterocycles. The van der Waals surface area contributed by atoms with Crippen molar-refractivity contribution in [3.8, 4) is 11.5 Å². The Bertz CT molecular complexity index is 858. The van der Waals surface area contributed by atoms with Crippen LogP contribution in [0.15, 0.2) is 84.0 Å². The van der Waals surface area contributed by atoms with Crippen molar-refractivity contribution < 1.29 is 14.6 Å². The van der Waals surface area contributed by atoms with Gasteiger partial charge in [-0.15, -0.1) is 0 Å². The maximum atomic E-state index is 10.8. The van der Waals surface area contributed by atoms with E-state index in [1.54, 1.807) is 18.3 Å². The average molecular weight is 332 g/mol. The van der Waals surface area contributed by atoms with Gasteiger partial charge in [-0.25, -0.2) is 4.79 Å². The third kappa shape index (κ3) is 4.68. The molecule has 3 aromatic carbocycles. The molecule has 3 aromatic rings. The highest BCUT2D eigenvalue weighted by atomic mass is 16.5. The van der Waals surface area contributed by atoms with Crippen molar-refractivity contribution in [1.82, 2.24) is 0 Å². The molecular formula is C20H16N2O3. The van der Waals surface area contributed by atoms with Gasteiger partial charge in [-0.05, 0) is 66.2 Å². The number of para-hydroxylation sites is 1. The maximum Gasteiger partial charge on any atom is 0.335 e. The van der Waals surface area contributed by atoms with Crippen LogP contribution in [0, 0.1) is 0 Å². The van der Waals surface area contributed by atoms with Crippen molar-refractivity contribution in [3.63, 3.8) is 0 Å². The fraction of sp³-hybridized carbons (Fsp3) is 0. The van der Waals surface area contributed by atoms with Crippen molar-refractivity contribution in [2.45, 2.75) is 0 Å².